The lowest BCUT2D eigenvalue weighted by Crippen LogP contribution is -2.45. The molecule has 2 aliphatic heterocycles. The van der Waals surface area contributed by atoms with Gasteiger partial charge < -0.3 is 9.64 Å². The minimum Gasteiger partial charge on any atom is -0.380 e. The zero-order valence-corrected chi connectivity index (χ0v) is 9.02. The molecule has 2 saturated heterocycles. The Hall–Kier alpha value is -0.260. The Morgan fingerprint density at radius 2 is 2.36 bits per heavy atom. The molecular formula is C9H16N2O2S. The lowest BCUT2D eigenvalue weighted by molar-refractivity contribution is -0.132. The number of carbonyl (C=O) groups is 1. The number of hydrogen-bond acceptors (Lipinski definition) is 4. The van der Waals surface area contributed by atoms with Crippen LogP contribution in [0.5, 0.6) is 0 Å². The maximum absolute atomic E-state index is 11.9. The number of amides is 1. The molecule has 0 saturated carbocycles. The van der Waals surface area contributed by atoms with E-state index in [4.69, 9.17) is 4.74 Å². The highest BCUT2D eigenvalue weighted by Gasteiger charge is 2.27. The average molecular weight is 216 g/mol. The van der Waals surface area contributed by atoms with Crippen molar-refractivity contribution in [3.8, 4) is 0 Å². The fraction of sp³-hybridized carbons (Fsp3) is 0.889. The molecule has 0 aromatic heterocycles. The number of rotatable bonds is 1. The Bertz CT molecular complexity index is 199. The molecule has 0 spiro atoms. The molecule has 2 aliphatic rings. The predicted octanol–water partition coefficient (Wildman–Crippen LogP) is -0.102. The molecule has 5 heteroatoms. The first-order valence-corrected chi connectivity index (χ1v) is 6.21. The van der Waals surface area contributed by atoms with Crippen LogP contribution in [0.4, 0.5) is 0 Å². The van der Waals surface area contributed by atoms with Crippen LogP contribution in [-0.4, -0.2) is 54.8 Å². The van der Waals surface area contributed by atoms with Gasteiger partial charge in [0.15, 0.2) is 0 Å². The van der Waals surface area contributed by atoms with Crippen molar-refractivity contribution >= 4 is 17.7 Å². The summed E-state index contributed by atoms with van der Waals surface area (Å²) in [5, 5.41) is 3.20. The summed E-state index contributed by atoms with van der Waals surface area (Å²) in [7, 11) is 0. The second-order valence-corrected chi connectivity index (χ2v) is 4.59. The summed E-state index contributed by atoms with van der Waals surface area (Å²) in [4.78, 5) is 13.9. The van der Waals surface area contributed by atoms with Crippen LogP contribution in [0.1, 0.15) is 6.42 Å². The van der Waals surface area contributed by atoms with Gasteiger partial charge in [-0.1, -0.05) is 0 Å². The topological polar surface area (TPSA) is 41.6 Å². The molecule has 1 amide bonds. The van der Waals surface area contributed by atoms with Gasteiger partial charge in [0.25, 0.3) is 0 Å². The number of carbonyl (C=O) groups excluding carboxylic acids is 1. The molecule has 80 valence electrons. The van der Waals surface area contributed by atoms with Crippen molar-refractivity contribution in [2.45, 2.75) is 12.5 Å². The van der Waals surface area contributed by atoms with Crippen LogP contribution in [0, 0.1) is 0 Å². The smallest absolute Gasteiger partial charge is 0.240 e. The van der Waals surface area contributed by atoms with Crippen molar-refractivity contribution in [2.75, 3.05) is 37.9 Å². The molecule has 0 aromatic rings. The van der Waals surface area contributed by atoms with E-state index in [0.29, 0.717) is 6.61 Å². The molecule has 14 heavy (non-hydrogen) atoms. The first kappa shape index (κ1) is 10.3. The third-order valence-corrected chi connectivity index (χ3v) is 3.49. The number of nitrogens with one attached hydrogen (secondary N) is 1. The van der Waals surface area contributed by atoms with E-state index in [0.717, 1.165) is 37.7 Å². The second kappa shape index (κ2) is 5.00. The van der Waals surface area contributed by atoms with E-state index in [9.17, 15) is 4.79 Å². The van der Waals surface area contributed by atoms with Gasteiger partial charge in [-0.25, -0.2) is 0 Å². The molecular weight excluding hydrogens is 200 g/mol. The molecule has 0 aromatic carbocycles. The highest BCUT2D eigenvalue weighted by molar-refractivity contribution is 7.99. The number of hydrogen-bond donors (Lipinski definition) is 1. The van der Waals surface area contributed by atoms with E-state index in [-0.39, 0.29) is 11.9 Å². The fourth-order valence-corrected chi connectivity index (χ4v) is 2.67. The van der Waals surface area contributed by atoms with E-state index in [1.165, 1.54) is 0 Å². The third kappa shape index (κ3) is 2.40. The Morgan fingerprint density at radius 3 is 3.14 bits per heavy atom. The first-order valence-electron chi connectivity index (χ1n) is 5.05. The molecule has 0 unspecified atom stereocenters. The van der Waals surface area contributed by atoms with E-state index >= 15 is 0 Å². The third-order valence-electron chi connectivity index (χ3n) is 2.55. The van der Waals surface area contributed by atoms with Crippen molar-refractivity contribution in [1.29, 1.82) is 0 Å². The van der Waals surface area contributed by atoms with Gasteiger partial charge in [-0.2, -0.15) is 0 Å². The maximum atomic E-state index is 11.9. The summed E-state index contributed by atoms with van der Waals surface area (Å²) in [5.74, 6) is 2.07. The van der Waals surface area contributed by atoms with Gasteiger partial charge in [0.2, 0.25) is 5.91 Å². The van der Waals surface area contributed by atoms with Gasteiger partial charge in [-0.05, 0) is 6.42 Å². The normalized spacial score (nSPS) is 28.9. The van der Waals surface area contributed by atoms with Crippen LogP contribution in [0.2, 0.25) is 0 Å². The summed E-state index contributed by atoms with van der Waals surface area (Å²) in [6, 6.07) is 0.0399. The van der Waals surface area contributed by atoms with E-state index in [1.54, 1.807) is 11.8 Å². The van der Waals surface area contributed by atoms with Crippen molar-refractivity contribution in [3.05, 3.63) is 0 Å². The molecule has 0 radical (unpaired) electrons. The Morgan fingerprint density at radius 1 is 1.43 bits per heavy atom. The lowest BCUT2D eigenvalue weighted by atomic mass is 10.2. The Balaban J connectivity index is 1.88. The average Bonchev–Trinajstić information content (AvgIpc) is 2.59. The number of ether oxygens (including phenoxy) is 1. The van der Waals surface area contributed by atoms with Crippen molar-refractivity contribution in [3.63, 3.8) is 0 Å². The van der Waals surface area contributed by atoms with E-state index in [1.807, 2.05) is 4.90 Å². The zero-order chi connectivity index (χ0) is 9.80. The minimum atomic E-state index is 0.0399. The quantitative estimate of drug-likeness (QED) is 0.664. The van der Waals surface area contributed by atoms with Gasteiger partial charge in [-0.3, -0.25) is 10.1 Å². The molecule has 0 bridgehead atoms. The van der Waals surface area contributed by atoms with E-state index in [2.05, 4.69) is 5.32 Å². The molecule has 1 atom stereocenters. The summed E-state index contributed by atoms with van der Waals surface area (Å²) in [5.41, 5.74) is 0. The molecule has 4 nitrogen and oxygen atoms in total. The monoisotopic (exact) mass is 216 g/mol. The molecule has 2 fully saturated rings. The lowest BCUT2D eigenvalue weighted by Gasteiger charge is -2.22. The van der Waals surface area contributed by atoms with Crippen LogP contribution in [-0.2, 0) is 9.53 Å². The minimum absolute atomic E-state index is 0.0399. The number of nitrogens with zero attached hydrogens (tertiary/aromatic N) is 1. The van der Waals surface area contributed by atoms with E-state index < -0.39 is 0 Å². The Kier molecular flexibility index (Phi) is 3.67. The van der Waals surface area contributed by atoms with Crippen LogP contribution in [0.15, 0.2) is 0 Å². The highest BCUT2D eigenvalue weighted by Crippen LogP contribution is 2.12. The zero-order valence-electron chi connectivity index (χ0n) is 8.20. The highest BCUT2D eigenvalue weighted by atomic mass is 32.2. The van der Waals surface area contributed by atoms with Crippen LogP contribution >= 0.6 is 11.8 Å². The standard InChI is InChI=1S/C9H16N2O2S/c12-9(8-6-14-7-10-8)11-2-1-4-13-5-3-11/h8,10H,1-7H2/t8-/m1/s1. The second-order valence-electron chi connectivity index (χ2n) is 3.56. The van der Waals surface area contributed by atoms with Crippen LogP contribution in [0.25, 0.3) is 0 Å². The predicted molar refractivity (Wildman–Crippen MR) is 56.3 cm³/mol. The maximum Gasteiger partial charge on any atom is 0.240 e. The summed E-state index contributed by atoms with van der Waals surface area (Å²) >= 11 is 1.79. The number of thioether (sulfide) groups is 1. The van der Waals surface area contributed by atoms with Gasteiger partial charge >= 0.3 is 0 Å². The molecule has 2 rings (SSSR count). The van der Waals surface area contributed by atoms with Crippen molar-refractivity contribution < 1.29 is 9.53 Å². The van der Waals surface area contributed by atoms with Crippen molar-refractivity contribution in [2.24, 2.45) is 0 Å². The SMILES string of the molecule is O=C([C@H]1CSCN1)N1CCCOCC1. The summed E-state index contributed by atoms with van der Waals surface area (Å²) in [6.07, 6.45) is 0.964. The molecule has 2 heterocycles. The largest absolute Gasteiger partial charge is 0.380 e. The fourth-order valence-electron chi connectivity index (χ4n) is 1.74. The van der Waals surface area contributed by atoms with Crippen LogP contribution < -0.4 is 5.32 Å². The summed E-state index contributed by atoms with van der Waals surface area (Å²) in [6.45, 7) is 3.07. The first-order chi connectivity index (χ1) is 6.88. The summed E-state index contributed by atoms with van der Waals surface area (Å²) < 4.78 is 5.32. The van der Waals surface area contributed by atoms with Gasteiger partial charge in [-0.15, -0.1) is 11.8 Å². The molecule has 1 N–H and O–H groups in total. The van der Waals surface area contributed by atoms with Crippen molar-refractivity contribution in [1.82, 2.24) is 10.2 Å². The van der Waals surface area contributed by atoms with Gasteiger partial charge in [0.1, 0.15) is 0 Å². The van der Waals surface area contributed by atoms with Gasteiger partial charge in [0, 0.05) is 31.3 Å². The Labute approximate surface area is 88.4 Å². The molecule has 0 aliphatic carbocycles. The van der Waals surface area contributed by atoms with Crippen LogP contribution in [0.3, 0.4) is 0 Å². The van der Waals surface area contributed by atoms with Gasteiger partial charge in [0.05, 0.1) is 12.6 Å².